The maximum absolute atomic E-state index is 13.7. The van der Waals surface area contributed by atoms with Gasteiger partial charge in [-0.1, -0.05) is 12.1 Å². The van der Waals surface area contributed by atoms with Crippen molar-refractivity contribution in [2.24, 2.45) is 5.73 Å². The molecule has 1 amide bonds. The maximum atomic E-state index is 13.7. The minimum atomic E-state index is -0.311. The van der Waals surface area contributed by atoms with Gasteiger partial charge in [0.25, 0.3) is 0 Å². The number of hydrogen-bond donors (Lipinski definition) is 2. The van der Waals surface area contributed by atoms with Crippen LogP contribution < -0.4 is 16.0 Å². The first-order valence-corrected chi connectivity index (χ1v) is 10.9. The summed E-state index contributed by atoms with van der Waals surface area (Å²) < 4.78 is 20.0. The summed E-state index contributed by atoms with van der Waals surface area (Å²) >= 11 is 0. The van der Waals surface area contributed by atoms with Gasteiger partial charge in [0, 0.05) is 42.9 Å². The zero-order valence-corrected chi connectivity index (χ0v) is 18.2. The highest BCUT2D eigenvalue weighted by Gasteiger charge is 2.26. The number of aromatic nitrogens is 2. The van der Waals surface area contributed by atoms with Gasteiger partial charge in [-0.25, -0.2) is 14.4 Å². The average Bonchev–Trinajstić information content (AvgIpc) is 3.20. The SMILES string of the molecule is CC(=O)Nc1ccc(-c2oc3ncnc(N4CCC(N)CC4)c3c2-c2ccc(F)cc2)cc1. The lowest BCUT2D eigenvalue weighted by Gasteiger charge is -2.31. The number of nitrogens with zero attached hydrogens (tertiary/aromatic N) is 3. The van der Waals surface area contributed by atoms with Gasteiger partial charge in [0.05, 0.1) is 5.39 Å². The van der Waals surface area contributed by atoms with Gasteiger partial charge in [-0.15, -0.1) is 0 Å². The Labute approximate surface area is 190 Å². The lowest BCUT2D eigenvalue weighted by molar-refractivity contribution is -0.114. The second kappa shape index (κ2) is 8.63. The van der Waals surface area contributed by atoms with Crippen LogP contribution in [0.15, 0.2) is 59.3 Å². The molecule has 0 radical (unpaired) electrons. The highest BCUT2D eigenvalue weighted by atomic mass is 19.1. The molecule has 0 spiro atoms. The molecule has 0 atom stereocenters. The Morgan fingerprint density at radius 2 is 1.73 bits per heavy atom. The molecule has 4 aromatic rings. The average molecular weight is 445 g/mol. The summed E-state index contributed by atoms with van der Waals surface area (Å²) in [5, 5.41) is 3.56. The smallest absolute Gasteiger partial charge is 0.232 e. The minimum Gasteiger partial charge on any atom is -0.437 e. The molecule has 1 saturated heterocycles. The number of carbonyl (C=O) groups is 1. The second-order valence-corrected chi connectivity index (χ2v) is 8.27. The number of furan rings is 1. The molecule has 3 heterocycles. The third-order valence-electron chi connectivity index (χ3n) is 5.91. The van der Waals surface area contributed by atoms with E-state index in [9.17, 15) is 9.18 Å². The van der Waals surface area contributed by atoms with Gasteiger partial charge in [0.1, 0.15) is 23.7 Å². The Balaban J connectivity index is 1.69. The van der Waals surface area contributed by atoms with Gasteiger partial charge in [-0.3, -0.25) is 4.79 Å². The summed E-state index contributed by atoms with van der Waals surface area (Å²) in [7, 11) is 0. The number of piperidine rings is 1. The molecule has 168 valence electrons. The number of benzene rings is 2. The molecule has 2 aromatic carbocycles. The zero-order chi connectivity index (χ0) is 22.9. The Hall–Kier alpha value is -3.78. The van der Waals surface area contributed by atoms with Crippen LogP contribution in [0, 0.1) is 5.82 Å². The quantitative estimate of drug-likeness (QED) is 0.477. The summed E-state index contributed by atoms with van der Waals surface area (Å²) in [5.41, 5.74) is 9.69. The highest BCUT2D eigenvalue weighted by Crippen LogP contribution is 2.43. The van der Waals surface area contributed by atoms with Crippen LogP contribution in [-0.2, 0) is 4.79 Å². The fraction of sp³-hybridized carbons (Fsp3) is 0.240. The lowest BCUT2D eigenvalue weighted by atomic mass is 9.98. The van der Waals surface area contributed by atoms with E-state index in [-0.39, 0.29) is 17.8 Å². The first-order chi connectivity index (χ1) is 16.0. The first-order valence-electron chi connectivity index (χ1n) is 10.9. The van der Waals surface area contributed by atoms with Crippen LogP contribution in [0.4, 0.5) is 15.9 Å². The van der Waals surface area contributed by atoms with Crippen molar-refractivity contribution in [1.82, 2.24) is 9.97 Å². The number of fused-ring (bicyclic) bond motifs is 1. The van der Waals surface area contributed by atoms with E-state index in [0.29, 0.717) is 17.2 Å². The molecule has 1 aliphatic heterocycles. The number of carbonyl (C=O) groups excluding carboxylic acids is 1. The molecule has 1 fully saturated rings. The third kappa shape index (κ3) is 4.17. The Kier molecular flexibility index (Phi) is 5.51. The molecular formula is C25H24FN5O2. The number of halogens is 1. The highest BCUT2D eigenvalue weighted by molar-refractivity contribution is 6.06. The fourth-order valence-electron chi connectivity index (χ4n) is 4.27. The van der Waals surface area contributed by atoms with E-state index in [1.807, 2.05) is 24.3 Å². The second-order valence-electron chi connectivity index (χ2n) is 8.27. The largest absolute Gasteiger partial charge is 0.437 e. The van der Waals surface area contributed by atoms with Gasteiger partial charge in [-0.05, 0) is 54.8 Å². The predicted molar refractivity (Wildman–Crippen MR) is 126 cm³/mol. The Morgan fingerprint density at radius 1 is 1.06 bits per heavy atom. The molecule has 8 heteroatoms. The number of nitrogens with two attached hydrogens (primary N) is 1. The van der Waals surface area contributed by atoms with Crippen LogP contribution in [0.5, 0.6) is 0 Å². The van der Waals surface area contributed by atoms with Crippen molar-refractivity contribution in [3.05, 3.63) is 60.7 Å². The third-order valence-corrected chi connectivity index (χ3v) is 5.91. The topological polar surface area (TPSA) is 97.3 Å². The van der Waals surface area contributed by atoms with Crippen molar-refractivity contribution in [2.75, 3.05) is 23.3 Å². The van der Waals surface area contributed by atoms with Crippen LogP contribution in [-0.4, -0.2) is 35.0 Å². The van der Waals surface area contributed by atoms with E-state index >= 15 is 0 Å². The zero-order valence-electron chi connectivity index (χ0n) is 18.2. The summed E-state index contributed by atoms with van der Waals surface area (Å²) in [5.74, 6) is 0.950. The monoisotopic (exact) mass is 445 g/mol. The van der Waals surface area contributed by atoms with Crippen LogP contribution in [0.2, 0.25) is 0 Å². The van der Waals surface area contributed by atoms with E-state index in [0.717, 1.165) is 53.8 Å². The molecule has 2 aromatic heterocycles. The van der Waals surface area contributed by atoms with Gasteiger partial charge < -0.3 is 20.4 Å². The summed E-state index contributed by atoms with van der Waals surface area (Å²) in [4.78, 5) is 22.6. The number of nitrogens with one attached hydrogen (secondary N) is 1. The van der Waals surface area contributed by atoms with Crippen LogP contribution in [0.25, 0.3) is 33.6 Å². The summed E-state index contributed by atoms with van der Waals surface area (Å²) in [6.07, 6.45) is 3.27. The predicted octanol–water partition coefficient (Wildman–Crippen LogP) is 4.58. The molecule has 0 aliphatic carbocycles. The molecule has 5 rings (SSSR count). The Morgan fingerprint density at radius 3 is 2.39 bits per heavy atom. The van der Waals surface area contributed by atoms with E-state index in [2.05, 4.69) is 20.2 Å². The van der Waals surface area contributed by atoms with Crippen LogP contribution in [0.3, 0.4) is 0 Å². The first kappa shape index (κ1) is 21.1. The van der Waals surface area contributed by atoms with Crippen molar-refractivity contribution in [3.8, 4) is 22.5 Å². The number of amides is 1. The number of anilines is 2. The van der Waals surface area contributed by atoms with Crippen molar-refractivity contribution in [2.45, 2.75) is 25.8 Å². The van der Waals surface area contributed by atoms with Gasteiger partial charge in [0.2, 0.25) is 11.6 Å². The molecule has 0 bridgehead atoms. The molecule has 0 saturated carbocycles. The lowest BCUT2D eigenvalue weighted by Crippen LogP contribution is -2.40. The number of rotatable bonds is 4. The normalized spacial score (nSPS) is 14.6. The van der Waals surface area contributed by atoms with Crippen LogP contribution >= 0.6 is 0 Å². The molecule has 1 aliphatic rings. The molecular weight excluding hydrogens is 421 g/mol. The van der Waals surface area contributed by atoms with Gasteiger partial charge in [-0.2, -0.15) is 0 Å². The molecule has 3 N–H and O–H groups in total. The Bertz CT molecular complexity index is 1290. The maximum Gasteiger partial charge on any atom is 0.232 e. The van der Waals surface area contributed by atoms with Crippen molar-refractivity contribution >= 4 is 28.5 Å². The molecule has 7 nitrogen and oxygen atoms in total. The van der Waals surface area contributed by atoms with E-state index < -0.39 is 0 Å². The standard InChI is InChI=1S/C25H24FN5O2/c1-15(32)30-20-8-4-17(5-9-20)23-21(16-2-6-18(26)7-3-16)22-24(28-14-29-25(22)33-23)31-12-10-19(27)11-13-31/h2-9,14,19H,10-13,27H2,1H3,(H,30,32). The summed E-state index contributed by atoms with van der Waals surface area (Å²) in [6.45, 7) is 3.05. The van der Waals surface area contributed by atoms with Gasteiger partial charge >= 0.3 is 0 Å². The van der Waals surface area contributed by atoms with Crippen LogP contribution in [0.1, 0.15) is 19.8 Å². The number of hydrogen-bond acceptors (Lipinski definition) is 6. The van der Waals surface area contributed by atoms with E-state index in [1.165, 1.54) is 25.4 Å². The fourth-order valence-corrected chi connectivity index (χ4v) is 4.27. The molecule has 33 heavy (non-hydrogen) atoms. The van der Waals surface area contributed by atoms with E-state index in [4.69, 9.17) is 10.2 Å². The van der Waals surface area contributed by atoms with Crippen molar-refractivity contribution in [3.63, 3.8) is 0 Å². The minimum absolute atomic E-state index is 0.139. The summed E-state index contributed by atoms with van der Waals surface area (Å²) in [6, 6.07) is 13.9. The molecule has 0 unspecified atom stereocenters. The van der Waals surface area contributed by atoms with Gasteiger partial charge in [0.15, 0.2) is 0 Å². The van der Waals surface area contributed by atoms with Crippen molar-refractivity contribution in [1.29, 1.82) is 0 Å². The van der Waals surface area contributed by atoms with Crippen molar-refractivity contribution < 1.29 is 13.6 Å². The van der Waals surface area contributed by atoms with E-state index in [1.54, 1.807) is 12.1 Å².